The first-order chi connectivity index (χ1) is 10.2. The highest BCUT2D eigenvalue weighted by atomic mass is 16.5. The summed E-state index contributed by atoms with van der Waals surface area (Å²) in [6.45, 7) is 2.57. The van der Waals surface area contributed by atoms with Crippen LogP contribution in [0.2, 0.25) is 0 Å². The number of benzene rings is 1. The predicted octanol–water partition coefficient (Wildman–Crippen LogP) is 4.55. The Morgan fingerprint density at radius 3 is 2.33 bits per heavy atom. The standard InChI is InChI=1S/C18H26O3/c1-2-3-4-8-14-18(20)21-15-10-9-13-17(19)16-11-6-5-7-12-16/h5-7,11-12H,2-4,8-10,13-15H2,1H3. The Morgan fingerprint density at radius 2 is 1.62 bits per heavy atom. The van der Waals surface area contributed by atoms with Gasteiger partial charge in [-0.1, -0.05) is 56.5 Å². The highest BCUT2D eigenvalue weighted by Crippen LogP contribution is 2.07. The molecule has 0 saturated heterocycles. The van der Waals surface area contributed by atoms with Crippen molar-refractivity contribution >= 4 is 11.8 Å². The molecule has 3 heteroatoms. The van der Waals surface area contributed by atoms with Gasteiger partial charge in [0, 0.05) is 18.4 Å². The lowest BCUT2D eigenvalue weighted by Gasteiger charge is -2.05. The highest BCUT2D eigenvalue weighted by Gasteiger charge is 2.05. The summed E-state index contributed by atoms with van der Waals surface area (Å²) in [4.78, 5) is 23.3. The zero-order valence-electron chi connectivity index (χ0n) is 13.0. The van der Waals surface area contributed by atoms with E-state index in [1.165, 1.54) is 12.8 Å². The van der Waals surface area contributed by atoms with Crippen LogP contribution in [0, 0.1) is 0 Å². The summed E-state index contributed by atoms with van der Waals surface area (Å²) >= 11 is 0. The third kappa shape index (κ3) is 8.28. The van der Waals surface area contributed by atoms with Crippen molar-refractivity contribution in [3.8, 4) is 0 Å². The zero-order chi connectivity index (χ0) is 15.3. The maximum absolute atomic E-state index is 11.8. The fraction of sp³-hybridized carbons (Fsp3) is 0.556. The molecule has 0 spiro atoms. The molecule has 0 atom stereocenters. The van der Waals surface area contributed by atoms with Gasteiger partial charge < -0.3 is 4.74 Å². The van der Waals surface area contributed by atoms with Crippen LogP contribution in [0.1, 0.15) is 68.6 Å². The summed E-state index contributed by atoms with van der Waals surface area (Å²) in [6, 6.07) is 9.30. The Morgan fingerprint density at radius 1 is 0.905 bits per heavy atom. The highest BCUT2D eigenvalue weighted by molar-refractivity contribution is 5.95. The van der Waals surface area contributed by atoms with E-state index in [1.54, 1.807) is 0 Å². The minimum absolute atomic E-state index is 0.111. The molecule has 0 bridgehead atoms. The van der Waals surface area contributed by atoms with Crippen molar-refractivity contribution in [2.75, 3.05) is 6.61 Å². The van der Waals surface area contributed by atoms with Gasteiger partial charge in [-0.05, 0) is 19.3 Å². The minimum Gasteiger partial charge on any atom is -0.466 e. The first-order valence-corrected chi connectivity index (χ1v) is 7.98. The Balaban J connectivity index is 2.01. The molecule has 21 heavy (non-hydrogen) atoms. The summed E-state index contributed by atoms with van der Waals surface area (Å²) in [5.41, 5.74) is 0.755. The maximum atomic E-state index is 11.8. The Hall–Kier alpha value is -1.64. The molecule has 0 fully saturated rings. The lowest BCUT2D eigenvalue weighted by atomic mass is 10.1. The molecule has 0 unspecified atom stereocenters. The summed E-state index contributed by atoms with van der Waals surface area (Å²) in [5, 5.41) is 0. The van der Waals surface area contributed by atoms with Crippen molar-refractivity contribution in [3.63, 3.8) is 0 Å². The molecule has 0 radical (unpaired) electrons. The Kier molecular flexibility index (Phi) is 9.18. The molecule has 1 aromatic rings. The van der Waals surface area contributed by atoms with Gasteiger partial charge in [-0.15, -0.1) is 0 Å². The van der Waals surface area contributed by atoms with Gasteiger partial charge in [-0.2, -0.15) is 0 Å². The molecule has 1 aromatic carbocycles. The number of unbranched alkanes of at least 4 members (excludes halogenated alkanes) is 4. The predicted molar refractivity (Wildman–Crippen MR) is 84.3 cm³/mol. The van der Waals surface area contributed by atoms with Gasteiger partial charge in [0.1, 0.15) is 0 Å². The fourth-order valence-corrected chi connectivity index (χ4v) is 2.11. The molecule has 0 aromatic heterocycles. The summed E-state index contributed by atoms with van der Waals surface area (Å²) in [5.74, 6) is 0.0435. The minimum atomic E-state index is -0.111. The van der Waals surface area contributed by atoms with Gasteiger partial charge in [0.05, 0.1) is 6.61 Å². The van der Waals surface area contributed by atoms with E-state index in [9.17, 15) is 9.59 Å². The van der Waals surface area contributed by atoms with E-state index in [0.29, 0.717) is 19.4 Å². The first-order valence-electron chi connectivity index (χ1n) is 7.98. The summed E-state index contributed by atoms with van der Waals surface area (Å²) < 4.78 is 5.16. The molecule has 0 aliphatic carbocycles. The quantitative estimate of drug-likeness (QED) is 0.341. The van der Waals surface area contributed by atoms with Crippen molar-refractivity contribution in [2.45, 2.75) is 58.3 Å². The third-order valence-corrected chi connectivity index (χ3v) is 3.39. The van der Waals surface area contributed by atoms with Gasteiger partial charge in [-0.3, -0.25) is 9.59 Å². The van der Waals surface area contributed by atoms with Gasteiger partial charge >= 0.3 is 5.97 Å². The number of hydrogen-bond donors (Lipinski definition) is 0. The number of ketones is 1. The van der Waals surface area contributed by atoms with E-state index in [2.05, 4.69) is 6.92 Å². The van der Waals surface area contributed by atoms with E-state index in [4.69, 9.17) is 4.74 Å². The molecule has 0 N–H and O–H groups in total. The van der Waals surface area contributed by atoms with E-state index >= 15 is 0 Å². The van der Waals surface area contributed by atoms with Crippen LogP contribution < -0.4 is 0 Å². The van der Waals surface area contributed by atoms with Gasteiger partial charge in [0.2, 0.25) is 0 Å². The largest absolute Gasteiger partial charge is 0.466 e. The van der Waals surface area contributed by atoms with Crippen LogP contribution in [-0.2, 0) is 9.53 Å². The summed E-state index contributed by atoms with van der Waals surface area (Å²) in [7, 11) is 0. The van der Waals surface area contributed by atoms with Crippen LogP contribution in [0.25, 0.3) is 0 Å². The second-order valence-corrected chi connectivity index (χ2v) is 5.28. The molecule has 116 valence electrons. The number of hydrogen-bond acceptors (Lipinski definition) is 3. The first kappa shape index (κ1) is 17.4. The molecule has 1 rings (SSSR count). The van der Waals surface area contributed by atoms with Crippen LogP contribution >= 0.6 is 0 Å². The number of esters is 1. The summed E-state index contributed by atoms with van der Waals surface area (Å²) in [6.07, 6.45) is 6.90. The Labute approximate surface area is 127 Å². The number of carbonyl (C=O) groups excluding carboxylic acids is 2. The maximum Gasteiger partial charge on any atom is 0.305 e. The third-order valence-electron chi connectivity index (χ3n) is 3.39. The molecule has 0 aliphatic heterocycles. The van der Waals surface area contributed by atoms with E-state index in [1.807, 2.05) is 30.3 Å². The lowest BCUT2D eigenvalue weighted by molar-refractivity contribution is -0.143. The molecule has 3 nitrogen and oxygen atoms in total. The lowest BCUT2D eigenvalue weighted by Crippen LogP contribution is -2.06. The van der Waals surface area contributed by atoms with Crippen LogP contribution in [0.5, 0.6) is 0 Å². The van der Waals surface area contributed by atoms with Crippen LogP contribution in [0.3, 0.4) is 0 Å². The smallest absolute Gasteiger partial charge is 0.305 e. The normalized spacial score (nSPS) is 10.3. The van der Waals surface area contributed by atoms with E-state index < -0.39 is 0 Å². The van der Waals surface area contributed by atoms with Crippen molar-refractivity contribution in [1.29, 1.82) is 0 Å². The van der Waals surface area contributed by atoms with Crippen molar-refractivity contribution in [3.05, 3.63) is 35.9 Å². The topological polar surface area (TPSA) is 43.4 Å². The van der Waals surface area contributed by atoms with Crippen LogP contribution in [0.4, 0.5) is 0 Å². The number of Topliss-reactive ketones (excluding diaryl/α,β-unsaturated/α-hetero) is 1. The van der Waals surface area contributed by atoms with Crippen LogP contribution in [0.15, 0.2) is 30.3 Å². The molecule has 0 saturated carbocycles. The van der Waals surface area contributed by atoms with Crippen molar-refractivity contribution in [1.82, 2.24) is 0 Å². The number of ether oxygens (including phenoxy) is 1. The molecule has 0 aliphatic rings. The molecular formula is C18H26O3. The second kappa shape index (κ2) is 11.1. The van der Waals surface area contributed by atoms with Crippen LogP contribution in [-0.4, -0.2) is 18.4 Å². The molecular weight excluding hydrogens is 264 g/mol. The molecule has 0 heterocycles. The van der Waals surface area contributed by atoms with Gasteiger partial charge in [0.25, 0.3) is 0 Å². The van der Waals surface area contributed by atoms with E-state index in [-0.39, 0.29) is 11.8 Å². The van der Waals surface area contributed by atoms with Crippen molar-refractivity contribution < 1.29 is 14.3 Å². The average molecular weight is 290 g/mol. The second-order valence-electron chi connectivity index (χ2n) is 5.28. The van der Waals surface area contributed by atoms with Crippen molar-refractivity contribution in [2.24, 2.45) is 0 Å². The fourth-order valence-electron chi connectivity index (χ4n) is 2.11. The SMILES string of the molecule is CCCCCCC(=O)OCCCCC(=O)c1ccccc1. The van der Waals surface area contributed by atoms with Gasteiger partial charge in [0.15, 0.2) is 5.78 Å². The molecule has 0 amide bonds. The van der Waals surface area contributed by atoms with Gasteiger partial charge in [-0.25, -0.2) is 0 Å². The number of rotatable bonds is 11. The Bertz CT molecular complexity index is 412. The monoisotopic (exact) mass is 290 g/mol. The average Bonchev–Trinajstić information content (AvgIpc) is 2.52. The van der Waals surface area contributed by atoms with E-state index in [0.717, 1.165) is 31.2 Å². The zero-order valence-corrected chi connectivity index (χ0v) is 13.0. The number of carbonyl (C=O) groups is 2.